The van der Waals surface area contributed by atoms with Gasteiger partial charge in [-0.15, -0.1) is 11.8 Å². The number of aromatic amines is 1. The molecule has 19 heavy (non-hydrogen) atoms. The highest BCUT2D eigenvalue weighted by Gasteiger charge is 2.09. The van der Waals surface area contributed by atoms with E-state index >= 15 is 0 Å². The predicted octanol–water partition coefficient (Wildman–Crippen LogP) is 2.71. The number of pyridine rings is 1. The quantitative estimate of drug-likeness (QED) is 0.716. The van der Waals surface area contributed by atoms with Crippen molar-refractivity contribution in [3.05, 3.63) is 42.7 Å². The molecule has 96 valence electrons. The zero-order valence-corrected chi connectivity index (χ0v) is 11.0. The highest BCUT2D eigenvalue weighted by Crippen LogP contribution is 2.30. The molecule has 0 unspecified atom stereocenters. The van der Waals surface area contributed by atoms with Crippen molar-refractivity contribution < 1.29 is 5.11 Å². The van der Waals surface area contributed by atoms with Crippen LogP contribution < -0.4 is 0 Å². The second kappa shape index (κ2) is 5.42. The van der Waals surface area contributed by atoms with Crippen LogP contribution in [0, 0.1) is 0 Å². The van der Waals surface area contributed by atoms with Crippen LogP contribution in [-0.4, -0.2) is 32.4 Å². The van der Waals surface area contributed by atoms with Crippen LogP contribution >= 0.6 is 11.8 Å². The number of benzene rings is 1. The number of thioether (sulfide) groups is 1. The molecular formula is C14H13N3OS. The Morgan fingerprint density at radius 1 is 1.21 bits per heavy atom. The van der Waals surface area contributed by atoms with Gasteiger partial charge in [-0.25, -0.2) is 4.98 Å². The van der Waals surface area contributed by atoms with Crippen LogP contribution in [0.15, 0.2) is 47.6 Å². The minimum atomic E-state index is 0.170. The molecule has 0 spiro atoms. The Morgan fingerprint density at radius 2 is 2.11 bits per heavy atom. The maximum atomic E-state index is 8.95. The van der Waals surface area contributed by atoms with Gasteiger partial charge in [0.1, 0.15) is 5.82 Å². The smallest absolute Gasteiger partial charge is 0.139 e. The van der Waals surface area contributed by atoms with Crippen molar-refractivity contribution in [3.8, 4) is 11.4 Å². The molecule has 3 aromatic rings. The Hall–Kier alpha value is -1.85. The van der Waals surface area contributed by atoms with Gasteiger partial charge in [-0.2, -0.15) is 0 Å². The lowest BCUT2D eigenvalue weighted by molar-refractivity contribution is 0.322. The number of rotatable bonds is 4. The van der Waals surface area contributed by atoms with Crippen LogP contribution in [-0.2, 0) is 0 Å². The second-order valence-corrected chi connectivity index (χ2v) is 5.18. The monoisotopic (exact) mass is 271 g/mol. The van der Waals surface area contributed by atoms with E-state index in [-0.39, 0.29) is 6.61 Å². The van der Waals surface area contributed by atoms with Gasteiger partial charge in [-0.05, 0) is 12.1 Å². The summed E-state index contributed by atoms with van der Waals surface area (Å²) in [7, 11) is 0. The number of hydrogen-bond donors (Lipinski definition) is 2. The van der Waals surface area contributed by atoms with Crippen LogP contribution in [0.5, 0.6) is 0 Å². The predicted molar refractivity (Wildman–Crippen MR) is 77.1 cm³/mol. The first-order valence-electron chi connectivity index (χ1n) is 6.01. The van der Waals surface area contributed by atoms with E-state index < -0.39 is 0 Å². The van der Waals surface area contributed by atoms with E-state index in [1.165, 1.54) is 0 Å². The van der Waals surface area contributed by atoms with Crippen molar-refractivity contribution in [2.45, 2.75) is 4.90 Å². The molecule has 0 aliphatic rings. The lowest BCUT2D eigenvalue weighted by Gasteiger charge is -2.05. The fourth-order valence-corrected chi connectivity index (χ4v) is 2.73. The summed E-state index contributed by atoms with van der Waals surface area (Å²) in [6, 6.07) is 9.95. The van der Waals surface area contributed by atoms with Crippen LogP contribution in [0.25, 0.3) is 22.4 Å². The molecule has 0 fully saturated rings. The van der Waals surface area contributed by atoms with E-state index in [0.29, 0.717) is 5.75 Å². The van der Waals surface area contributed by atoms with Gasteiger partial charge in [0, 0.05) is 22.4 Å². The van der Waals surface area contributed by atoms with Gasteiger partial charge < -0.3 is 10.1 Å². The first kappa shape index (κ1) is 12.2. The molecule has 0 aliphatic carbocycles. The second-order valence-electron chi connectivity index (χ2n) is 4.05. The van der Waals surface area contributed by atoms with Crippen molar-refractivity contribution >= 4 is 22.8 Å². The molecule has 5 heteroatoms. The number of H-pyrrole nitrogens is 1. The van der Waals surface area contributed by atoms with Gasteiger partial charge in [0.2, 0.25) is 0 Å². The summed E-state index contributed by atoms with van der Waals surface area (Å²) in [5.74, 6) is 1.52. The Balaban J connectivity index is 2.05. The summed E-state index contributed by atoms with van der Waals surface area (Å²) in [4.78, 5) is 13.1. The van der Waals surface area contributed by atoms with Crippen molar-refractivity contribution in [1.29, 1.82) is 0 Å². The van der Waals surface area contributed by atoms with Gasteiger partial charge >= 0.3 is 0 Å². The standard InChI is InChI=1S/C14H13N3OS/c18-7-8-19-13-4-2-1-3-10(13)14-16-11-5-6-15-9-12(11)17-14/h1-6,9,18H,7-8H2,(H,16,17). The summed E-state index contributed by atoms with van der Waals surface area (Å²) < 4.78 is 0. The first-order valence-corrected chi connectivity index (χ1v) is 7.00. The minimum Gasteiger partial charge on any atom is -0.396 e. The van der Waals surface area contributed by atoms with E-state index in [4.69, 9.17) is 5.11 Å². The molecule has 2 N–H and O–H groups in total. The van der Waals surface area contributed by atoms with Crippen LogP contribution in [0.3, 0.4) is 0 Å². The highest BCUT2D eigenvalue weighted by molar-refractivity contribution is 7.99. The molecule has 0 saturated heterocycles. The third-order valence-corrected chi connectivity index (χ3v) is 3.83. The first-order chi connectivity index (χ1) is 9.38. The van der Waals surface area contributed by atoms with E-state index in [1.54, 1.807) is 24.2 Å². The number of aromatic nitrogens is 3. The fourth-order valence-electron chi connectivity index (χ4n) is 1.93. The van der Waals surface area contributed by atoms with E-state index in [0.717, 1.165) is 27.3 Å². The summed E-state index contributed by atoms with van der Waals surface area (Å²) in [5, 5.41) is 8.95. The fraction of sp³-hybridized carbons (Fsp3) is 0.143. The number of imidazole rings is 1. The van der Waals surface area contributed by atoms with Gasteiger partial charge in [0.25, 0.3) is 0 Å². The van der Waals surface area contributed by atoms with E-state index in [1.807, 2.05) is 30.3 Å². The Kier molecular flexibility index (Phi) is 3.48. The summed E-state index contributed by atoms with van der Waals surface area (Å²) >= 11 is 1.63. The minimum absolute atomic E-state index is 0.170. The molecule has 0 aliphatic heterocycles. The average molecular weight is 271 g/mol. The van der Waals surface area contributed by atoms with Gasteiger partial charge in [-0.3, -0.25) is 4.98 Å². The van der Waals surface area contributed by atoms with Crippen LogP contribution in [0.2, 0.25) is 0 Å². The van der Waals surface area contributed by atoms with Crippen molar-refractivity contribution in [2.75, 3.05) is 12.4 Å². The van der Waals surface area contributed by atoms with Crippen molar-refractivity contribution in [2.24, 2.45) is 0 Å². The number of aliphatic hydroxyl groups excluding tert-OH is 1. The summed E-state index contributed by atoms with van der Waals surface area (Å²) in [6.07, 6.45) is 3.51. The summed E-state index contributed by atoms with van der Waals surface area (Å²) in [5.41, 5.74) is 2.89. The molecule has 3 rings (SSSR count). The maximum Gasteiger partial charge on any atom is 0.139 e. The average Bonchev–Trinajstić information content (AvgIpc) is 2.89. The Morgan fingerprint density at radius 3 is 2.95 bits per heavy atom. The van der Waals surface area contributed by atoms with Gasteiger partial charge in [0.05, 0.1) is 23.8 Å². The van der Waals surface area contributed by atoms with Gasteiger partial charge in [0.15, 0.2) is 0 Å². The topological polar surface area (TPSA) is 61.8 Å². The maximum absolute atomic E-state index is 8.95. The normalized spacial score (nSPS) is 11.0. The Labute approximate surface area is 114 Å². The molecule has 0 amide bonds. The van der Waals surface area contributed by atoms with Crippen molar-refractivity contribution in [3.63, 3.8) is 0 Å². The number of nitrogens with zero attached hydrogens (tertiary/aromatic N) is 2. The molecule has 2 heterocycles. The van der Waals surface area contributed by atoms with Crippen molar-refractivity contribution in [1.82, 2.24) is 15.0 Å². The largest absolute Gasteiger partial charge is 0.396 e. The number of fused-ring (bicyclic) bond motifs is 1. The number of nitrogens with one attached hydrogen (secondary N) is 1. The van der Waals surface area contributed by atoms with E-state index in [2.05, 4.69) is 15.0 Å². The highest BCUT2D eigenvalue weighted by atomic mass is 32.2. The zero-order chi connectivity index (χ0) is 13.1. The molecule has 0 bridgehead atoms. The lowest BCUT2D eigenvalue weighted by Crippen LogP contribution is -1.89. The third-order valence-electron chi connectivity index (χ3n) is 2.77. The molecular weight excluding hydrogens is 258 g/mol. The van der Waals surface area contributed by atoms with Gasteiger partial charge in [-0.1, -0.05) is 18.2 Å². The van der Waals surface area contributed by atoms with Crippen LogP contribution in [0.1, 0.15) is 0 Å². The third kappa shape index (κ3) is 2.47. The summed E-state index contributed by atoms with van der Waals surface area (Å²) in [6.45, 7) is 0.170. The molecule has 4 nitrogen and oxygen atoms in total. The Bertz CT molecular complexity index is 663. The zero-order valence-electron chi connectivity index (χ0n) is 10.2. The van der Waals surface area contributed by atoms with Crippen LogP contribution in [0.4, 0.5) is 0 Å². The van der Waals surface area contributed by atoms with E-state index in [9.17, 15) is 0 Å². The lowest BCUT2D eigenvalue weighted by atomic mass is 10.2. The number of hydrogen-bond acceptors (Lipinski definition) is 4. The SMILES string of the molecule is OCCSc1ccccc1-c1nc2ccncc2[nH]1. The number of aliphatic hydroxyl groups is 1. The molecule has 2 aromatic heterocycles. The molecule has 0 atom stereocenters. The molecule has 0 radical (unpaired) electrons. The molecule has 1 aromatic carbocycles. The molecule has 0 saturated carbocycles.